The number of nitrogens with zero attached hydrogens (tertiary/aromatic N) is 1. The van der Waals surface area contributed by atoms with Crippen LogP contribution < -0.4 is 16.0 Å². The Balaban J connectivity index is 2.44. The molecule has 0 spiro atoms. The second-order valence-electron chi connectivity index (χ2n) is 4.11. The van der Waals surface area contributed by atoms with Gasteiger partial charge >= 0.3 is 0 Å². The van der Waals surface area contributed by atoms with E-state index in [1.54, 1.807) is 37.6 Å². The normalized spacial score (nSPS) is 11.8. The Morgan fingerprint density at radius 1 is 1.35 bits per heavy atom. The van der Waals surface area contributed by atoms with Gasteiger partial charge in [-0.2, -0.15) is 0 Å². The number of hydrogen-bond acceptors (Lipinski definition) is 4. The lowest BCUT2D eigenvalue weighted by Gasteiger charge is -2.16. The number of hydrazine groups is 1. The summed E-state index contributed by atoms with van der Waals surface area (Å²) in [5, 5.41) is 0. The SMILES string of the molecule is COc1ccc(C(C(=O)NN)c2cc(Br)ccn2)cc1. The van der Waals surface area contributed by atoms with E-state index >= 15 is 0 Å². The molecule has 0 fully saturated rings. The summed E-state index contributed by atoms with van der Waals surface area (Å²) in [5.74, 6) is 5.12. The van der Waals surface area contributed by atoms with Crippen molar-refractivity contribution >= 4 is 21.8 Å². The van der Waals surface area contributed by atoms with Crippen LogP contribution in [0.1, 0.15) is 17.2 Å². The van der Waals surface area contributed by atoms with E-state index in [9.17, 15) is 4.79 Å². The van der Waals surface area contributed by atoms with Gasteiger partial charge in [0.2, 0.25) is 5.91 Å². The molecular weight excluding hydrogens is 322 g/mol. The van der Waals surface area contributed by atoms with E-state index < -0.39 is 5.92 Å². The highest BCUT2D eigenvalue weighted by molar-refractivity contribution is 9.10. The van der Waals surface area contributed by atoms with Crippen LogP contribution in [0.4, 0.5) is 0 Å². The Morgan fingerprint density at radius 3 is 2.60 bits per heavy atom. The van der Waals surface area contributed by atoms with Crippen molar-refractivity contribution < 1.29 is 9.53 Å². The van der Waals surface area contributed by atoms with Crippen molar-refractivity contribution in [2.24, 2.45) is 5.84 Å². The summed E-state index contributed by atoms with van der Waals surface area (Å²) in [6.07, 6.45) is 1.64. The lowest BCUT2D eigenvalue weighted by Crippen LogP contribution is -2.35. The standard InChI is InChI=1S/C14H14BrN3O2/c1-20-11-4-2-9(3-5-11)13(14(19)18-16)12-8-10(15)6-7-17-12/h2-8,13H,16H2,1H3,(H,18,19). The quantitative estimate of drug-likeness (QED) is 0.508. The minimum absolute atomic E-state index is 0.319. The van der Waals surface area contributed by atoms with Crippen molar-refractivity contribution in [3.63, 3.8) is 0 Å². The molecule has 1 aromatic heterocycles. The first-order chi connectivity index (χ1) is 9.65. The third kappa shape index (κ3) is 3.15. The van der Waals surface area contributed by atoms with Crippen molar-refractivity contribution in [2.45, 2.75) is 5.92 Å². The fraction of sp³-hybridized carbons (Fsp3) is 0.143. The van der Waals surface area contributed by atoms with Gasteiger partial charge in [0, 0.05) is 10.7 Å². The van der Waals surface area contributed by atoms with E-state index in [-0.39, 0.29) is 5.91 Å². The Kier molecular flexibility index (Phi) is 4.70. The second kappa shape index (κ2) is 6.49. The number of carbonyl (C=O) groups is 1. The first-order valence-corrected chi connectivity index (χ1v) is 6.71. The third-order valence-electron chi connectivity index (χ3n) is 2.89. The summed E-state index contributed by atoms with van der Waals surface area (Å²) in [5.41, 5.74) is 3.59. The summed E-state index contributed by atoms with van der Waals surface area (Å²) in [4.78, 5) is 16.3. The number of methoxy groups -OCH3 is 1. The monoisotopic (exact) mass is 335 g/mol. The van der Waals surface area contributed by atoms with E-state index in [0.29, 0.717) is 5.69 Å². The highest BCUT2D eigenvalue weighted by atomic mass is 79.9. The first-order valence-electron chi connectivity index (χ1n) is 5.91. The third-order valence-corrected chi connectivity index (χ3v) is 3.39. The largest absolute Gasteiger partial charge is 0.497 e. The predicted molar refractivity (Wildman–Crippen MR) is 79.1 cm³/mol. The molecular formula is C14H14BrN3O2. The fourth-order valence-corrected chi connectivity index (χ4v) is 2.27. The molecule has 20 heavy (non-hydrogen) atoms. The van der Waals surface area contributed by atoms with Crippen LogP contribution in [0.5, 0.6) is 5.75 Å². The molecule has 1 atom stereocenters. The number of ether oxygens (including phenoxy) is 1. The van der Waals surface area contributed by atoms with E-state index in [2.05, 4.69) is 26.3 Å². The topological polar surface area (TPSA) is 77.2 Å². The van der Waals surface area contributed by atoms with Crippen molar-refractivity contribution in [3.05, 3.63) is 58.3 Å². The zero-order valence-corrected chi connectivity index (χ0v) is 12.4. The molecule has 0 aliphatic carbocycles. The van der Waals surface area contributed by atoms with Gasteiger partial charge in [0.1, 0.15) is 11.7 Å². The maximum atomic E-state index is 12.1. The number of pyridine rings is 1. The molecule has 1 heterocycles. The number of aromatic nitrogens is 1. The van der Waals surface area contributed by atoms with Gasteiger partial charge in [0.15, 0.2) is 0 Å². The number of hydrogen-bond donors (Lipinski definition) is 2. The summed E-state index contributed by atoms with van der Waals surface area (Å²) in [6.45, 7) is 0. The maximum Gasteiger partial charge on any atom is 0.247 e. The Morgan fingerprint density at radius 2 is 2.05 bits per heavy atom. The van der Waals surface area contributed by atoms with Crippen molar-refractivity contribution in [2.75, 3.05) is 7.11 Å². The number of carbonyl (C=O) groups excluding carboxylic acids is 1. The zero-order chi connectivity index (χ0) is 14.5. The number of nitrogens with two attached hydrogens (primary N) is 1. The summed E-state index contributed by atoms with van der Waals surface area (Å²) in [7, 11) is 1.59. The average Bonchev–Trinajstić information content (AvgIpc) is 2.48. The molecule has 104 valence electrons. The average molecular weight is 336 g/mol. The summed E-state index contributed by atoms with van der Waals surface area (Å²) >= 11 is 3.37. The van der Waals surface area contributed by atoms with Gasteiger partial charge in [-0.25, -0.2) is 5.84 Å². The van der Waals surface area contributed by atoms with Gasteiger partial charge < -0.3 is 4.74 Å². The van der Waals surface area contributed by atoms with E-state index in [4.69, 9.17) is 10.6 Å². The van der Waals surface area contributed by atoms with Crippen LogP contribution in [0.3, 0.4) is 0 Å². The highest BCUT2D eigenvalue weighted by Crippen LogP contribution is 2.26. The lowest BCUT2D eigenvalue weighted by molar-refractivity contribution is -0.121. The van der Waals surface area contributed by atoms with Gasteiger partial charge in [-0.1, -0.05) is 28.1 Å². The molecule has 0 aliphatic rings. The number of benzene rings is 1. The number of rotatable bonds is 4. The van der Waals surface area contributed by atoms with Crippen LogP contribution in [-0.4, -0.2) is 18.0 Å². The molecule has 0 radical (unpaired) electrons. The minimum atomic E-state index is -0.566. The molecule has 2 rings (SSSR count). The molecule has 1 aromatic carbocycles. The van der Waals surface area contributed by atoms with Crippen LogP contribution in [0.2, 0.25) is 0 Å². The van der Waals surface area contributed by atoms with Gasteiger partial charge in [0.25, 0.3) is 0 Å². The Bertz CT molecular complexity index is 602. The zero-order valence-electron chi connectivity index (χ0n) is 10.8. The number of halogens is 1. The highest BCUT2D eigenvalue weighted by Gasteiger charge is 2.23. The van der Waals surface area contributed by atoms with Gasteiger partial charge in [-0.05, 0) is 29.8 Å². The van der Waals surface area contributed by atoms with E-state index in [0.717, 1.165) is 15.8 Å². The first kappa shape index (κ1) is 14.5. The van der Waals surface area contributed by atoms with Crippen LogP contribution in [-0.2, 0) is 4.79 Å². The summed E-state index contributed by atoms with van der Waals surface area (Å²) < 4.78 is 5.96. The molecule has 5 nitrogen and oxygen atoms in total. The lowest BCUT2D eigenvalue weighted by atomic mass is 9.94. The van der Waals surface area contributed by atoms with Crippen LogP contribution >= 0.6 is 15.9 Å². The van der Waals surface area contributed by atoms with Crippen molar-refractivity contribution in [1.82, 2.24) is 10.4 Å². The molecule has 0 aliphatic heterocycles. The predicted octanol–water partition coefficient (Wildman–Crippen LogP) is 1.97. The number of amides is 1. The van der Waals surface area contributed by atoms with Crippen molar-refractivity contribution in [3.8, 4) is 5.75 Å². The van der Waals surface area contributed by atoms with E-state index in [1.807, 2.05) is 12.1 Å². The van der Waals surface area contributed by atoms with Gasteiger partial charge in [-0.15, -0.1) is 0 Å². The molecule has 0 bridgehead atoms. The van der Waals surface area contributed by atoms with Crippen LogP contribution in [0, 0.1) is 0 Å². The van der Waals surface area contributed by atoms with Crippen LogP contribution in [0.15, 0.2) is 47.1 Å². The maximum absolute atomic E-state index is 12.1. The smallest absolute Gasteiger partial charge is 0.247 e. The Labute approximate surface area is 125 Å². The molecule has 2 aromatic rings. The van der Waals surface area contributed by atoms with Crippen molar-refractivity contribution in [1.29, 1.82) is 0 Å². The summed E-state index contributed by atoms with van der Waals surface area (Å²) in [6, 6.07) is 10.8. The molecule has 1 amide bonds. The van der Waals surface area contributed by atoms with E-state index in [1.165, 1.54) is 0 Å². The van der Waals surface area contributed by atoms with Crippen LogP contribution in [0.25, 0.3) is 0 Å². The molecule has 0 saturated carbocycles. The molecule has 3 N–H and O–H groups in total. The molecule has 0 saturated heterocycles. The second-order valence-corrected chi connectivity index (χ2v) is 5.03. The minimum Gasteiger partial charge on any atom is -0.497 e. The fourth-order valence-electron chi connectivity index (χ4n) is 1.92. The molecule has 6 heteroatoms. The Hall–Kier alpha value is -1.92. The van der Waals surface area contributed by atoms with Gasteiger partial charge in [-0.3, -0.25) is 15.2 Å². The van der Waals surface area contributed by atoms with Gasteiger partial charge in [0.05, 0.1) is 12.8 Å². The molecule has 1 unspecified atom stereocenters. The number of nitrogens with one attached hydrogen (secondary N) is 1.